The van der Waals surface area contributed by atoms with Gasteiger partial charge in [0.1, 0.15) is 12.4 Å². The fourth-order valence-electron chi connectivity index (χ4n) is 1.37. The van der Waals surface area contributed by atoms with Crippen molar-refractivity contribution in [2.45, 2.75) is 6.54 Å². The zero-order valence-electron chi connectivity index (χ0n) is 10.8. The minimum absolute atomic E-state index is 0.200. The summed E-state index contributed by atoms with van der Waals surface area (Å²) in [6.07, 6.45) is 0. The molecule has 1 N–H and O–H groups in total. The van der Waals surface area contributed by atoms with Gasteiger partial charge in [-0.25, -0.2) is 0 Å². The SMILES string of the molecule is COCCOc1cccc(CNCC(=O)OC)c1. The highest BCUT2D eigenvalue weighted by Crippen LogP contribution is 2.12. The van der Waals surface area contributed by atoms with Crippen LogP contribution >= 0.6 is 0 Å². The molecule has 0 saturated carbocycles. The van der Waals surface area contributed by atoms with E-state index in [2.05, 4.69) is 10.1 Å². The number of hydrogen-bond acceptors (Lipinski definition) is 5. The predicted molar refractivity (Wildman–Crippen MR) is 67.5 cm³/mol. The summed E-state index contributed by atoms with van der Waals surface area (Å²) in [4.78, 5) is 10.9. The first kappa shape index (κ1) is 14.5. The average Bonchev–Trinajstić information content (AvgIpc) is 2.39. The molecule has 0 atom stereocenters. The first-order valence-electron chi connectivity index (χ1n) is 5.74. The monoisotopic (exact) mass is 253 g/mol. The Morgan fingerprint density at radius 1 is 1.28 bits per heavy atom. The predicted octanol–water partition coefficient (Wildman–Crippen LogP) is 0.974. The third kappa shape index (κ3) is 5.65. The lowest BCUT2D eigenvalue weighted by Crippen LogP contribution is -2.23. The van der Waals surface area contributed by atoms with Gasteiger partial charge in [-0.2, -0.15) is 0 Å². The number of carbonyl (C=O) groups is 1. The number of rotatable bonds is 8. The summed E-state index contributed by atoms with van der Waals surface area (Å²) in [5.41, 5.74) is 1.05. The van der Waals surface area contributed by atoms with Gasteiger partial charge in [-0.05, 0) is 17.7 Å². The average molecular weight is 253 g/mol. The van der Waals surface area contributed by atoms with E-state index >= 15 is 0 Å². The van der Waals surface area contributed by atoms with Crippen LogP contribution in [0.3, 0.4) is 0 Å². The van der Waals surface area contributed by atoms with Gasteiger partial charge < -0.3 is 19.5 Å². The van der Waals surface area contributed by atoms with Crippen LogP contribution in [0.15, 0.2) is 24.3 Å². The Balaban J connectivity index is 2.36. The van der Waals surface area contributed by atoms with E-state index < -0.39 is 0 Å². The molecular formula is C13H19NO4. The molecule has 0 spiro atoms. The van der Waals surface area contributed by atoms with Gasteiger partial charge in [-0.1, -0.05) is 12.1 Å². The summed E-state index contributed by atoms with van der Waals surface area (Å²) in [6, 6.07) is 7.70. The van der Waals surface area contributed by atoms with Gasteiger partial charge in [0.25, 0.3) is 0 Å². The van der Waals surface area contributed by atoms with E-state index in [9.17, 15) is 4.79 Å². The Bertz CT molecular complexity index is 368. The van der Waals surface area contributed by atoms with E-state index in [1.54, 1.807) is 7.11 Å². The van der Waals surface area contributed by atoms with Crippen LogP contribution in [0, 0.1) is 0 Å². The maximum atomic E-state index is 10.9. The standard InChI is InChI=1S/C13H19NO4/c1-16-6-7-18-12-5-3-4-11(8-12)9-14-10-13(15)17-2/h3-5,8,14H,6-7,9-10H2,1-2H3. The van der Waals surface area contributed by atoms with Crippen molar-refractivity contribution in [2.75, 3.05) is 34.0 Å². The molecule has 0 aliphatic heterocycles. The zero-order chi connectivity index (χ0) is 13.2. The summed E-state index contributed by atoms with van der Waals surface area (Å²) in [5.74, 6) is 0.520. The van der Waals surface area contributed by atoms with Crippen molar-refractivity contribution in [2.24, 2.45) is 0 Å². The molecule has 0 aromatic heterocycles. The second-order valence-electron chi connectivity index (χ2n) is 3.67. The Hall–Kier alpha value is -1.59. The Kier molecular flexibility index (Phi) is 6.83. The largest absolute Gasteiger partial charge is 0.491 e. The molecule has 0 heterocycles. The molecule has 0 aliphatic carbocycles. The molecule has 1 aromatic rings. The third-order valence-electron chi connectivity index (χ3n) is 2.28. The van der Waals surface area contributed by atoms with Crippen molar-refractivity contribution in [3.63, 3.8) is 0 Å². The fourth-order valence-corrected chi connectivity index (χ4v) is 1.37. The van der Waals surface area contributed by atoms with Crippen LogP contribution in [0.1, 0.15) is 5.56 Å². The molecule has 0 fully saturated rings. The summed E-state index contributed by atoms with van der Waals surface area (Å²) < 4.78 is 14.9. The van der Waals surface area contributed by atoms with Crippen molar-refractivity contribution in [3.8, 4) is 5.75 Å². The highest BCUT2D eigenvalue weighted by Gasteiger charge is 2.00. The fraction of sp³-hybridized carbons (Fsp3) is 0.462. The molecule has 0 unspecified atom stereocenters. The normalized spacial score (nSPS) is 10.1. The molecule has 0 radical (unpaired) electrons. The Morgan fingerprint density at radius 3 is 2.83 bits per heavy atom. The van der Waals surface area contributed by atoms with E-state index in [1.165, 1.54) is 7.11 Å². The van der Waals surface area contributed by atoms with E-state index in [0.29, 0.717) is 19.8 Å². The number of ether oxygens (including phenoxy) is 3. The van der Waals surface area contributed by atoms with Crippen LogP contribution in [0.4, 0.5) is 0 Å². The van der Waals surface area contributed by atoms with Crippen molar-refractivity contribution < 1.29 is 19.0 Å². The van der Waals surface area contributed by atoms with Gasteiger partial charge in [0.15, 0.2) is 0 Å². The van der Waals surface area contributed by atoms with Gasteiger partial charge in [0.05, 0.1) is 20.3 Å². The molecule has 100 valence electrons. The second kappa shape index (κ2) is 8.49. The molecule has 0 saturated heterocycles. The Labute approximate surface area is 107 Å². The van der Waals surface area contributed by atoms with Crippen molar-refractivity contribution >= 4 is 5.97 Å². The number of benzene rings is 1. The smallest absolute Gasteiger partial charge is 0.319 e. The van der Waals surface area contributed by atoms with E-state index in [4.69, 9.17) is 9.47 Å². The second-order valence-corrected chi connectivity index (χ2v) is 3.67. The maximum Gasteiger partial charge on any atom is 0.319 e. The first-order valence-corrected chi connectivity index (χ1v) is 5.74. The number of esters is 1. The minimum atomic E-state index is -0.275. The highest BCUT2D eigenvalue weighted by atomic mass is 16.5. The van der Waals surface area contributed by atoms with Gasteiger partial charge in [-0.3, -0.25) is 4.79 Å². The third-order valence-corrected chi connectivity index (χ3v) is 2.28. The van der Waals surface area contributed by atoms with Gasteiger partial charge in [0, 0.05) is 13.7 Å². The van der Waals surface area contributed by atoms with E-state index in [-0.39, 0.29) is 12.5 Å². The molecule has 5 heteroatoms. The van der Waals surface area contributed by atoms with Crippen LogP contribution in [0.25, 0.3) is 0 Å². The van der Waals surface area contributed by atoms with Gasteiger partial charge in [0.2, 0.25) is 0 Å². The summed E-state index contributed by atoms with van der Waals surface area (Å²) >= 11 is 0. The summed E-state index contributed by atoms with van der Waals surface area (Å²) in [6.45, 7) is 1.88. The van der Waals surface area contributed by atoms with Crippen LogP contribution in [-0.4, -0.2) is 39.9 Å². The lowest BCUT2D eigenvalue weighted by molar-refractivity contribution is -0.139. The molecule has 5 nitrogen and oxygen atoms in total. The number of carbonyl (C=O) groups excluding carboxylic acids is 1. The molecule has 0 aliphatic rings. The van der Waals surface area contributed by atoms with Crippen LogP contribution in [-0.2, 0) is 20.8 Å². The highest BCUT2D eigenvalue weighted by molar-refractivity contribution is 5.71. The van der Waals surface area contributed by atoms with Crippen molar-refractivity contribution in [1.29, 1.82) is 0 Å². The quantitative estimate of drug-likeness (QED) is 0.553. The topological polar surface area (TPSA) is 56.8 Å². The lowest BCUT2D eigenvalue weighted by Gasteiger charge is -2.08. The summed E-state index contributed by atoms with van der Waals surface area (Å²) in [7, 11) is 3.00. The lowest BCUT2D eigenvalue weighted by atomic mass is 10.2. The summed E-state index contributed by atoms with van der Waals surface area (Å²) in [5, 5.41) is 2.99. The van der Waals surface area contributed by atoms with Gasteiger partial charge in [-0.15, -0.1) is 0 Å². The molecule has 1 rings (SSSR count). The molecule has 1 aromatic carbocycles. The van der Waals surface area contributed by atoms with Crippen LogP contribution in [0.5, 0.6) is 5.75 Å². The Morgan fingerprint density at radius 2 is 2.11 bits per heavy atom. The molecular weight excluding hydrogens is 234 g/mol. The van der Waals surface area contributed by atoms with Crippen LogP contribution < -0.4 is 10.1 Å². The maximum absolute atomic E-state index is 10.9. The number of hydrogen-bond donors (Lipinski definition) is 1. The van der Waals surface area contributed by atoms with Crippen molar-refractivity contribution in [1.82, 2.24) is 5.32 Å². The van der Waals surface area contributed by atoms with E-state index in [1.807, 2.05) is 24.3 Å². The van der Waals surface area contributed by atoms with Gasteiger partial charge >= 0.3 is 5.97 Å². The molecule has 0 bridgehead atoms. The number of methoxy groups -OCH3 is 2. The van der Waals surface area contributed by atoms with E-state index in [0.717, 1.165) is 11.3 Å². The molecule has 0 amide bonds. The first-order chi connectivity index (χ1) is 8.76. The number of nitrogens with one attached hydrogen (secondary N) is 1. The zero-order valence-corrected chi connectivity index (χ0v) is 10.8. The minimum Gasteiger partial charge on any atom is -0.491 e. The van der Waals surface area contributed by atoms with Crippen LogP contribution in [0.2, 0.25) is 0 Å². The molecule has 18 heavy (non-hydrogen) atoms. The van der Waals surface area contributed by atoms with Crippen molar-refractivity contribution in [3.05, 3.63) is 29.8 Å².